The average Bonchev–Trinajstić information content (AvgIpc) is 2.61. The molecule has 3 aromatic carbocycles. The molecule has 0 saturated carbocycles. The van der Waals surface area contributed by atoms with Crippen LogP contribution in [0.4, 0.5) is 0 Å². The fraction of sp³-hybridized carbons (Fsp3) is 0.333. The van der Waals surface area contributed by atoms with Gasteiger partial charge in [-0.3, -0.25) is 0 Å². The van der Waals surface area contributed by atoms with Crippen LogP contribution in [0.25, 0.3) is 11.1 Å². The molecule has 0 aromatic heterocycles. The number of hydrogen-bond acceptors (Lipinski definition) is 1. The maximum atomic E-state index is 11.3. The van der Waals surface area contributed by atoms with Crippen molar-refractivity contribution >= 4 is 0 Å². The van der Waals surface area contributed by atoms with Crippen LogP contribution in [0, 0.1) is 0 Å². The first-order valence-corrected chi connectivity index (χ1v) is 10.1. The quantitative estimate of drug-likeness (QED) is 0.513. The third kappa shape index (κ3) is 4.30. The largest absolute Gasteiger partial charge is 0.507 e. The Morgan fingerprint density at radius 1 is 0.679 bits per heavy atom. The molecule has 0 aliphatic rings. The van der Waals surface area contributed by atoms with Crippen molar-refractivity contribution in [3.8, 4) is 16.9 Å². The highest BCUT2D eigenvalue weighted by atomic mass is 16.3. The van der Waals surface area contributed by atoms with Crippen LogP contribution in [0.2, 0.25) is 0 Å². The molecule has 1 nitrogen and oxygen atoms in total. The van der Waals surface area contributed by atoms with E-state index in [1.54, 1.807) is 0 Å². The van der Waals surface area contributed by atoms with Gasteiger partial charge in [0, 0.05) is 11.1 Å². The van der Waals surface area contributed by atoms with E-state index in [4.69, 9.17) is 0 Å². The molecule has 3 rings (SSSR count). The zero-order chi connectivity index (χ0) is 20.5. The summed E-state index contributed by atoms with van der Waals surface area (Å²) in [7, 11) is 0. The summed E-state index contributed by atoms with van der Waals surface area (Å²) in [6, 6.07) is 23.3. The number of phenolic OH excluding ortho intramolecular Hbond substituents is 1. The van der Waals surface area contributed by atoms with E-state index in [1.165, 1.54) is 16.7 Å². The van der Waals surface area contributed by atoms with Crippen molar-refractivity contribution in [1.82, 2.24) is 0 Å². The van der Waals surface area contributed by atoms with Crippen LogP contribution < -0.4 is 0 Å². The lowest BCUT2D eigenvalue weighted by Gasteiger charge is -2.28. The average molecular weight is 373 g/mol. The first kappa shape index (κ1) is 20.2. The lowest BCUT2D eigenvalue weighted by Crippen LogP contribution is -2.17. The minimum atomic E-state index is -0.130. The van der Waals surface area contributed by atoms with Crippen molar-refractivity contribution in [3.05, 3.63) is 89.0 Å². The van der Waals surface area contributed by atoms with E-state index < -0.39 is 0 Å². The van der Waals surface area contributed by atoms with Gasteiger partial charge in [0.1, 0.15) is 5.75 Å². The Hall–Kier alpha value is -2.54. The van der Waals surface area contributed by atoms with Crippen LogP contribution in [-0.4, -0.2) is 5.11 Å². The number of phenols is 1. The summed E-state index contributed by atoms with van der Waals surface area (Å²) in [6.07, 6.45) is 0.848. The maximum absolute atomic E-state index is 11.3. The van der Waals surface area contributed by atoms with Gasteiger partial charge in [-0.15, -0.1) is 0 Å². The van der Waals surface area contributed by atoms with Crippen LogP contribution in [0.15, 0.2) is 66.7 Å². The molecule has 1 heteroatoms. The highest BCUT2D eigenvalue weighted by Crippen LogP contribution is 2.43. The van der Waals surface area contributed by atoms with Gasteiger partial charge in [0.25, 0.3) is 0 Å². The topological polar surface area (TPSA) is 20.2 Å². The normalized spacial score (nSPS) is 12.2. The molecule has 0 atom stereocenters. The van der Waals surface area contributed by atoms with Crippen molar-refractivity contribution in [2.75, 3.05) is 0 Å². The fourth-order valence-corrected chi connectivity index (χ4v) is 3.60. The number of rotatable bonds is 3. The fourth-order valence-electron chi connectivity index (χ4n) is 3.60. The highest BCUT2D eigenvalue weighted by Gasteiger charge is 2.26. The van der Waals surface area contributed by atoms with Gasteiger partial charge in [0.2, 0.25) is 0 Å². The zero-order valence-electron chi connectivity index (χ0n) is 18.0. The molecule has 0 unspecified atom stereocenters. The third-order valence-electron chi connectivity index (χ3n) is 5.33. The Morgan fingerprint density at radius 3 is 1.89 bits per heavy atom. The second kappa shape index (κ2) is 7.47. The van der Waals surface area contributed by atoms with Crippen molar-refractivity contribution in [1.29, 1.82) is 0 Å². The first-order valence-electron chi connectivity index (χ1n) is 10.1. The van der Waals surface area contributed by atoms with Crippen molar-refractivity contribution in [2.24, 2.45) is 0 Å². The molecule has 0 saturated heterocycles. The van der Waals surface area contributed by atoms with Gasteiger partial charge in [-0.25, -0.2) is 0 Å². The predicted octanol–water partition coefficient (Wildman–Crippen LogP) is 7.25. The summed E-state index contributed by atoms with van der Waals surface area (Å²) in [5.74, 6) is 0.404. The monoisotopic (exact) mass is 372 g/mol. The van der Waals surface area contributed by atoms with Crippen LogP contribution in [0.5, 0.6) is 5.75 Å². The molecule has 0 aliphatic heterocycles. The van der Waals surface area contributed by atoms with E-state index >= 15 is 0 Å². The Bertz CT molecular complexity index is 954. The molecule has 0 radical (unpaired) electrons. The van der Waals surface area contributed by atoms with E-state index in [-0.39, 0.29) is 10.8 Å². The number of benzene rings is 3. The molecule has 0 spiro atoms. The molecular weight excluding hydrogens is 340 g/mol. The summed E-state index contributed by atoms with van der Waals surface area (Å²) < 4.78 is 0. The molecule has 1 N–H and O–H groups in total. The first-order chi connectivity index (χ1) is 13.1. The lowest BCUT2D eigenvalue weighted by atomic mass is 9.77. The van der Waals surface area contributed by atoms with Crippen molar-refractivity contribution in [2.45, 2.75) is 58.8 Å². The van der Waals surface area contributed by atoms with E-state index in [2.05, 4.69) is 102 Å². The van der Waals surface area contributed by atoms with Crippen LogP contribution in [-0.2, 0) is 17.3 Å². The summed E-state index contributed by atoms with van der Waals surface area (Å²) in [5.41, 5.74) is 6.69. The molecule has 3 aromatic rings. The molecule has 0 heterocycles. The number of aromatic hydroxyl groups is 1. The predicted molar refractivity (Wildman–Crippen MR) is 120 cm³/mol. The van der Waals surface area contributed by atoms with Gasteiger partial charge < -0.3 is 5.11 Å². The van der Waals surface area contributed by atoms with E-state index in [1.807, 2.05) is 6.07 Å². The molecular formula is C27H32O. The van der Waals surface area contributed by atoms with Crippen LogP contribution in [0.1, 0.15) is 63.8 Å². The maximum Gasteiger partial charge on any atom is 0.127 e. The summed E-state index contributed by atoms with van der Waals surface area (Å²) in [4.78, 5) is 0. The van der Waals surface area contributed by atoms with Gasteiger partial charge in [-0.1, -0.05) is 102 Å². The lowest BCUT2D eigenvalue weighted by molar-refractivity contribution is 0.446. The van der Waals surface area contributed by atoms with Crippen molar-refractivity contribution in [3.63, 3.8) is 0 Å². The van der Waals surface area contributed by atoms with Gasteiger partial charge in [-0.05, 0) is 45.6 Å². The summed E-state index contributed by atoms with van der Waals surface area (Å²) in [6.45, 7) is 13.2. The molecule has 0 fully saturated rings. The summed E-state index contributed by atoms with van der Waals surface area (Å²) in [5, 5.41) is 11.3. The Morgan fingerprint density at radius 2 is 1.29 bits per heavy atom. The highest BCUT2D eigenvalue weighted by molar-refractivity contribution is 5.76. The van der Waals surface area contributed by atoms with Gasteiger partial charge in [-0.2, -0.15) is 0 Å². The smallest absolute Gasteiger partial charge is 0.127 e. The molecule has 0 bridgehead atoms. The van der Waals surface area contributed by atoms with Gasteiger partial charge >= 0.3 is 0 Å². The molecule has 0 amide bonds. The second-order valence-electron chi connectivity index (χ2n) is 9.74. The van der Waals surface area contributed by atoms with Gasteiger partial charge in [0.15, 0.2) is 0 Å². The van der Waals surface area contributed by atoms with E-state index in [0.717, 1.165) is 23.1 Å². The molecule has 146 valence electrons. The van der Waals surface area contributed by atoms with Gasteiger partial charge in [0.05, 0.1) is 0 Å². The SMILES string of the molecule is CC(C)(C)c1cc(-c2ccccc2Cc2ccccc2)c(O)c(C(C)(C)C)c1. The Kier molecular flexibility index (Phi) is 5.39. The second-order valence-corrected chi connectivity index (χ2v) is 9.74. The van der Waals surface area contributed by atoms with Crippen LogP contribution >= 0.6 is 0 Å². The Labute approximate surface area is 170 Å². The minimum Gasteiger partial charge on any atom is -0.507 e. The Balaban J connectivity index is 2.21. The van der Waals surface area contributed by atoms with Crippen molar-refractivity contribution < 1.29 is 5.11 Å². The third-order valence-corrected chi connectivity index (χ3v) is 5.33. The molecule has 28 heavy (non-hydrogen) atoms. The van der Waals surface area contributed by atoms with E-state index in [0.29, 0.717) is 5.75 Å². The minimum absolute atomic E-state index is 0.0107. The number of hydrogen-bond donors (Lipinski definition) is 1. The zero-order valence-corrected chi connectivity index (χ0v) is 18.0. The van der Waals surface area contributed by atoms with Crippen LogP contribution in [0.3, 0.4) is 0 Å². The summed E-state index contributed by atoms with van der Waals surface area (Å²) >= 11 is 0. The van der Waals surface area contributed by atoms with E-state index in [9.17, 15) is 5.11 Å². The molecule has 0 aliphatic carbocycles. The standard InChI is InChI=1S/C27H32O/c1-26(2,3)21-17-23(25(28)24(18-21)27(4,5)6)22-15-11-10-14-20(22)16-19-12-8-7-9-13-19/h7-15,17-18,28H,16H2,1-6H3.